The molecule has 2 N–H and O–H groups in total. The van der Waals surface area contributed by atoms with Gasteiger partial charge in [-0.1, -0.05) is 0 Å². The molecule has 5 aliphatic carbocycles. The number of carbonyl (C=O) groups is 1. The Balaban J connectivity index is 1.26. The van der Waals surface area contributed by atoms with Crippen LogP contribution in [0.15, 0.2) is 29.2 Å². The molecule has 0 heterocycles. The third-order valence-corrected chi connectivity index (χ3v) is 9.21. The number of rotatable bonds is 6. The van der Waals surface area contributed by atoms with Crippen LogP contribution in [0, 0.1) is 23.2 Å². The first-order chi connectivity index (χ1) is 13.3. The molecular formula is C22H30N2O3S. The molecular weight excluding hydrogens is 372 g/mol. The van der Waals surface area contributed by atoms with Crippen LogP contribution in [0.3, 0.4) is 0 Å². The quantitative estimate of drug-likeness (QED) is 0.765. The summed E-state index contributed by atoms with van der Waals surface area (Å²) >= 11 is 0. The molecule has 6 heteroatoms. The Labute approximate surface area is 167 Å². The summed E-state index contributed by atoms with van der Waals surface area (Å²) in [6.45, 7) is 2.17. The predicted molar refractivity (Wildman–Crippen MR) is 107 cm³/mol. The molecule has 6 rings (SSSR count). The lowest BCUT2D eigenvalue weighted by Gasteiger charge is -2.59. The topological polar surface area (TPSA) is 75.3 Å². The third-order valence-electron chi connectivity index (χ3n) is 7.68. The molecule has 5 saturated carbocycles. The van der Waals surface area contributed by atoms with Crippen molar-refractivity contribution >= 4 is 15.9 Å². The first-order valence-corrected chi connectivity index (χ1v) is 12.2. The Morgan fingerprint density at radius 3 is 2.04 bits per heavy atom. The van der Waals surface area contributed by atoms with Gasteiger partial charge in [0.1, 0.15) is 0 Å². The van der Waals surface area contributed by atoms with Crippen LogP contribution in [0.25, 0.3) is 0 Å². The smallest absolute Gasteiger partial charge is 0.251 e. The Kier molecular flexibility index (Phi) is 4.36. The standard InChI is InChI=1S/C22H30N2O3S/c1-14(22-11-15-8-16(12-22)10-17(9-15)13-22)23-21(25)18-2-6-20(7-3-18)28(26,27)24-19-4-5-19/h2-3,6-7,14-17,19,24H,4-5,8-13H2,1H3,(H,23,25). The van der Waals surface area contributed by atoms with Crippen LogP contribution in [-0.2, 0) is 10.0 Å². The first-order valence-electron chi connectivity index (χ1n) is 10.8. The molecule has 0 spiro atoms. The summed E-state index contributed by atoms with van der Waals surface area (Å²) in [6.07, 6.45) is 9.75. The van der Waals surface area contributed by atoms with E-state index < -0.39 is 10.0 Å². The fourth-order valence-corrected chi connectivity index (χ4v) is 7.72. The number of benzene rings is 1. The van der Waals surface area contributed by atoms with Crippen LogP contribution < -0.4 is 10.0 Å². The summed E-state index contributed by atoms with van der Waals surface area (Å²) in [5, 5.41) is 3.25. The average Bonchev–Trinajstić information content (AvgIpc) is 3.44. The van der Waals surface area contributed by atoms with Crippen molar-refractivity contribution in [3.8, 4) is 0 Å². The van der Waals surface area contributed by atoms with Gasteiger partial charge in [0.2, 0.25) is 10.0 Å². The minimum absolute atomic E-state index is 0.0779. The SMILES string of the molecule is CC(NC(=O)c1ccc(S(=O)(=O)NC2CC2)cc1)C12CC3CC(CC(C3)C1)C2. The normalized spacial score (nSPS) is 35.0. The second-order valence-electron chi connectivity index (χ2n) is 9.90. The molecule has 152 valence electrons. The maximum atomic E-state index is 12.8. The molecule has 0 aliphatic heterocycles. The summed E-state index contributed by atoms with van der Waals surface area (Å²) in [7, 11) is -3.47. The molecule has 1 unspecified atom stereocenters. The van der Waals surface area contributed by atoms with Crippen LogP contribution in [0.1, 0.15) is 68.6 Å². The highest BCUT2D eigenvalue weighted by atomic mass is 32.2. The van der Waals surface area contributed by atoms with Crippen LogP contribution in [0.2, 0.25) is 0 Å². The lowest BCUT2D eigenvalue weighted by atomic mass is 9.48. The average molecular weight is 403 g/mol. The second kappa shape index (κ2) is 6.56. The van der Waals surface area contributed by atoms with Gasteiger partial charge in [-0.3, -0.25) is 4.79 Å². The molecule has 1 amide bonds. The number of hydrogen-bond donors (Lipinski definition) is 2. The van der Waals surface area contributed by atoms with Gasteiger partial charge >= 0.3 is 0 Å². The number of sulfonamides is 1. The zero-order valence-corrected chi connectivity index (χ0v) is 17.3. The number of hydrogen-bond acceptors (Lipinski definition) is 3. The minimum atomic E-state index is -3.47. The lowest BCUT2D eigenvalue weighted by Crippen LogP contribution is -2.55. The van der Waals surface area contributed by atoms with Crippen LogP contribution >= 0.6 is 0 Å². The maximum Gasteiger partial charge on any atom is 0.251 e. The van der Waals surface area contributed by atoms with Crippen molar-refractivity contribution in [2.45, 2.75) is 75.3 Å². The molecule has 1 aromatic rings. The molecule has 1 atom stereocenters. The highest BCUT2D eigenvalue weighted by molar-refractivity contribution is 7.89. The first kappa shape index (κ1) is 18.6. The van der Waals surface area contributed by atoms with Gasteiger partial charge in [-0.15, -0.1) is 0 Å². The van der Waals surface area contributed by atoms with Crippen LogP contribution in [-0.4, -0.2) is 26.4 Å². The highest BCUT2D eigenvalue weighted by Gasteiger charge is 2.53. The molecule has 4 bridgehead atoms. The maximum absolute atomic E-state index is 12.8. The Morgan fingerprint density at radius 2 is 1.54 bits per heavy atom. The van der Waals surface area contributed by atoms with Gasteiger partial charge in [-0.05, 0) is 106 Å². The number of carbonyl (C=O) groups excluding carboxylic acids is 1. The van der Waals surface area contributed by atoms with E-state index in [0.29, 0.717) is 5.56 Å². The van der Waals surface area contributed by atoms with E-state index in [9.17, 15) is 13.2 Å². The van der Waals surface area contributed by atoms with Gasteiger partial charge in [0.15, 0.2) is 0 Å². The fraction of sp³-hybridized carbons (Fsp3) is 0.682. The van der Waals surface area contributed by atoms with E-state index in [0.717, 1.165) is 30.6 Å². The zero-order chi connectivity index (χ0) is 19.5. The predicted octanol–water partition coefficient (Wildman–Crippen LogP) is 3.46. The van der Waals surface area contributed by atoms with Crippen molar-refractivity contribution in [1.29, 1.82) is 0 Å². The second-order valence-corrected chi connectivity index (χ2v) is 11.6. The summed E-state index contributed by atoms with van der Waals surface area (Å²) < 4.78 is 27.3. The van der Waals surface area contributed by atoms with Gasteiger partial charge in [-0.25, -0.2) is 13.1 Å². The molecule has 5 nitrogen and oxygen atoms in total. The van der Waals surface area contributed by atoms with Gasteiger partial charge in [0.05, 0.1) is 4.90 Å². The van der Waals surface area contributed by atoms with E-state index in [4.69, 9.17) is 0 Å². The molecule has 0 radical (unpaired) electrons. The van der Waals surface area contributed by atoms with Crippen LogP contribution in [0.5, 0.6) is 0 Å². The molecule has 1 aromatic carbocycles. The summed E-state index contributed by atoms with van der Waals surface area (Å²) in [4.78, 5) is 13.0. The van der Waals surface area contributed by atoms with Gasteiger partial charge < -0.3 is 5.32 Å². The molecule has 28 heavy (non-hydrogen) atoms. The minimum Gasteiger partial charge on any atom is -0.349 e. The van der Waals surface area contributed by atoms with E-state index >= 15 is 0 Å². The molecule has 0 saturated heterocycles. The molecule has 5 aliphatic rings. The molecule has 0 aromatic heterocycles. The van der Waals surface area contributed by atoms with Crippen molar-refractivity contribution in [2.75, 3.05) is 0 Å². The molecule has 5 fully saturated rings. The fourth-order valence-electron chi connectivity index (χ4n) is 6.42. The van der Waals surface area contributed by atoms with Crippen molar-refractivity contribution in [2.24, 2.45) is 23.2 Å². The van der Waals surface area contributed by atoms with E-state index in [1.807, 2.05) is 0 Å². The highest BCUT2D eigenvalue weighted by Crippen LogP contribution is 2.61. The largest absolute Gasteiger partial charge is 0.349 e. The van der Waals surface area contributed by atoms with Crippen molar-refractivity contribution in [3.05, 3.63) is 29.8 Å². The van der Waals surface area contributed by atoms with Gasteiger partial charge in [0.25, 0.3) is 5.91 Å². The van der Waals surface area contributed by atoms with Crippen molar-refractivity contribution in [1.82, 2.24) is 10.0 Å². The van der Waals surface area contributed by atoms with E-state index in [1.54, 1.807) is 12.1 Å². The van der Waals surface area contributed by atoms with Gasteiger partial charge in [0, 0.05) is 17.6 Å². The zero-order valence-electron chi connectivity index (χ0n) is 16.5. The van der Waals surface area contributed by atoms with E-state index in [-0.39, 0.29) is 28.3 Å². The Morgan fingerprint density at radius 1 is 1.00 bits per heavy atom. The van der Waals surface area contributed by atoms with Crippen molar-refractivity contribution < 1.29 is 13.2 Å². The van der Waals surface area contributed by atoms with Crippen LogP contribution in [0.4, 0.5) is 0 Å². The van der Waals surface area contributed by atoms with E-state index in [1.165, 1.54) is 50.7 Å². The van der Waals surface area contributed by atoms with Crippen molar-refractivity contribution in [3.63, 3.8) is 0 Å². The number of amides is 1. The summed E-state index contributed by atoms with van der Waals surface area (Å²) in [5.74, 6) is 2.47. The summed E-state index contributed by atoms with van der Waals surface area (Å²) in [6, 6.07) is 6.57. The lowest BCUT2D eigenvalue weighted by molar-refractivity contribution is -0.0688. The van der Waals surface area contributed by atoms with E-state index in [2.05, 4.69) is 17.0 Å². The van der Waals surface area contributed by atoms with Gasteiger partial charge in [-0.2, -0.15) is 0 Å². The Hall–Kier alpha value is -1.40. The monoisotopic (exact) mass is 402 g/mol. The summed E-state index contributed by atoms with van der Waals surface area (Å²) in [5.41, 5.74) is 0.795. The number of nitrogens with one attached hydrogen (secondary N) is 2. The third kappa shape index (κ3) is 3.39. The Bertz CT molecular complexity index is 838.